The van der Waals surface area contributed by atoms with E-state index < -0.39 is 11.7 Å². The Morgan fingerprint density at radius 1 is 1.73 bits per heavy atom. The number of aliphatic hydroxyl groups excluding tert-OH is 1. The van der Waals surface area contributed by atoms with Gasteiger partial charge in [-0.2, -0.15) is 0 Å². The molecule has 0 atom stereocenters. The topological polar surface area (TPSA) is 79.5 Å². The molecule has 1 aromatic heterocycles. The molecule has 3 N–H and O–H groups in total. The number of nitrogen functional groups attached to an aromatic ring is 1. The van der Waals surface area contributed by atoms with Crippen LogP contribution in [0, 0.1) is 5.82 Å². The highest BCUT2D eigenvalue weighted by Gasteiger charge is 2.15. The summed E-state index contributed by atoms with van der Waals surface area (Å²) < 4.78 is 12.8. The molecule has 0 aliphatic carbocycles. The first-order valence-corrected chi connectivity index (χ1v) is 4.33. The van der Waals surface area contributed by atoms with Gasteiger partial charge in [0.2, 0.25) is 0 Å². The fourth-order valence-corrected chi connectivity index (χ4v) is 1.08. The van der Waals surface area contributed by atoms with E-state index in [1.54, 1.807) is 0 Å². The van der Waals surface area contributed by atoms with Crippen LogP contribution in [0.15, 0.2) is 12.3 Å². The van der Waals surface area contributed by atoms with Crippen molar-refractivity contribution in [3.05, 3.63) is 23.6 Å². The molecule has 0 radical (unpaired) electrons. The second-order valence-electron chi connectivity index (χ2n) is 3.04. The van der Waals surface area contributed by atoms with Gasteiger partial charge in [-0.15, -0.1) is 0 Å². The molecular formula is C9H12FN3O2. The third-order valence-corrected chi connectivity index (χ3v) is 1.90. The highest BCUT2D eigenvalue weighted by atomic mass is 19.1. The van der Waals surface area contributed by atoms with Gasteiger partial charge in [-0.1, -0.05) is 0 Å². The number of anilines is 1. The van der Waals surface area contributed by atoms with Gasteiger partial charge in [-0.25, -0.2) is 9.37 Å². The molecule has 5 nitrogen and oxygen atoms in total. The molecule has 0 saturated heterocycles. The molecule has 0 aromatic carbocycles. The number of hydrogen-bond acceptors (Lipinski definition) is 4. The summed E-state index contributed by atoms with van der Waals surface area (Å²) in [5.74, 6) is -1.11. The van der Waals surface area contributed by atoms with E-state index in [2.05, 4.69) is 4.98 Å². The predicted octanol–water partition coefficient (Wildman–Crippen LogP) is -0.133. The molecule has 0 aliphatic rings. The van der Waals surface area contributed by atoms with Crippen molar-refractivity contribution in [2.24, 2.45) is 0 Å². The lowest BCUT2D eigenvalue weighted by Gasteiger charge is -2.16. The number of nitrogens with two attached hydrogens (primary N) is 1. The van der Waals surface area contributed by atoms with Gasteiger partial charge in [0.1, 0.15) is 11.6 Å². The maximum Gasteiger partial charge on any atom is 0.257 e. The molecule has 15 heavy (non-hydrogen) atoms. The van der Waals surface area contributed by atoms with Crippen molar-refractivity contribution in [1.82, 2.24) is 9.88 Å². The van der Waals surface area contributed by atoms with Crippen LogP contribution in [0.5, 0.6) is 0 Å². The Labute approximate surface area is 86.3 Å². The lowest BCUT2D eigenvalue weighted by atomic mass is 10.2. The van der Waals surface area contributed by atoms with Crippen molar-refractivity contribution in [1.29, 1.82) is 0 Å². The van der Waals surface area contributed by atoms with Crippen LogP contribution in [0.25, 0.3) is 0 Å². The normalized spacial score (nSPS) is 10.1. The van der Waals surface area contributed by atoms with E-state index in [1.165, 1.54) is 11.9 Å². The first-order valence-electron chi connectivity index (χ1n) is 4.33. The van der Waals surface area contributed by atoms with E-state index in [4.69, 9.17) is 10.8 Å². The Hall–Kier alpha value is -1.69. The number of aliphatic hydroxyl groups is 1. The van der Waals surface area contributed by atoms with Gasteiger partial charge in [0.15, 0.2) is 0 Å². The number of amides is 1. The van der Waals surface area contributed by atoms with E-state index >= 15 is 0 Å². The van der Waals surface area contributed by atoms with Gasteiger partial charge < -0.3 is 15.7 Å². The third-order valence-electron chi connectivity index (χ3n) is 1.90. The van der Waals surface area contributed by atoms with Gasteiger partial charge in [0, 0.05) is 13.6 Å². The SMILES string of the molecule is CN(CCO)C(=O)c1cc(F)cnc1N. The van der Waals surface area contributed by atoms with Crippen molar-refractivity contribution in [2.45, 2.75) is 0 Å². The van der Waals surface area contributed by atoms with Crippen LogP contribution in [-0.4, -0.2) is 41.1 Å². The van der Waals surface area contributed by atoms with Crippen molar-refractivity contribution < 1.29 is 14.3 Å². The van der Waals surface area contributed by atoms with Crippen LogP contribution in [0.2, 0.25) is 0 Å². The zero-order valence-corrected chi connectivity index (χ0v) is 8.27. The molecule has 82 valence electrons. The Kier molecular flexibility index (Phi) is 3.56. The van der Waals surface area contributed by atoms with Crippen LogP contribution in [-0.2, 0) is 0 Å². The zero-order valence-electron chi connectivity index (χ0n) is 8.27. The number of carbonyl (C=O) groups excluding carboxylic acids is 1. The predicted molar refractivity (Wildman–Crippen MR) is 52.7 cm³/mol. The smallest absolute Gasteiger partial charge is 0.257 e. The summed E-state index contributed by atoms with van der Waals surface area (Å²) in [6.45, 7) is -0.000322. The second kappa shape index (κ2) is 4.70. The minimum atomic E-state index is -0.620. The molecular weight excluding hydrogens is 201 g/mol. The molecule has 1 amide bonds. The number of pyridine rings is 1. The summed E-state index contributed by atoms with van der Waals surface area (Å²) in [7, 11) is 1.49. The number of halogens is 1. The summed E-state index contributed by atoms with van der Waals surface area (Å²) in [5, 5.41) is 8.64. The van der Waals surface area contributed by atoms with E-state index in [1.807, 2.05) is 0 Å². The molecule has 0 spiro atoms. The molecule has 0 saturated carbocycles. The molecule has 0 aliphatic heterocycles. The maximum absolute atomic E-state index is 12.8. The lowest BCUT2D eigenvalue weighted by molar-refractivity contribution is 0.0767. The minimum absolute atomic E-state index is 0.00551. The largest absolute Gasteiger partial charge is 0.395 e. The Balaban J connectivity index is 2.95. The van der Waals surface area contributed by atoms with Crippen LogP contribution in [0.3, 0.4) is 0 Å². The number of aromatic nitrogens is 1. The lowest BCUT2D eigenvalue weighted by Crippen LogP contribution is -2.30. The molecule has 1 heterocycles. The van der Waals surface area contributed by atoms with Crippen molar-refractivity contribution >= 4 is 11.7 Å². The zero-order chi connectivity index (χ0) is 11.4. The standard InChI is InChI=1S/C9H12FN3O2/c1-13(2-3-14)9(15)7-4-6(10)5-12-8(7)11/h4-5,14H,2-3H2,1H3,(H2,11,12). The summed E-state index contributed by atoms with van der Waals surface area (Å²) in [5.41, 5.74) is 5.44. The quantitative estimate of drug-likeness (QED) is 0.732. The van der Waals surface area contributed by atoms with Crippen molar-refractivity contribution in [3.8, 4) is 0 Å². The van der Waals surface area contributed by atoms with E-state index in [0.717, 1.165) is 12.3 Å². The Bertz CT molecular complexity index is 370. The summed E-state index contributed by atoms with van der Waals surface area (Å²) >= 11 is 0. The number of rotatable bonds is 3. The van der Waals surface area contributed by atoms with E-state index in [-0.39, 0.29) is 24.5 Å². The highest BCUT2D eigenvalue weighted by molar-refractivity contribution is 5.98. The maximum atomic E-state index is 12.8. The van der Waals surface area contributed by atoms with Crippen molar-refractivity contribution in [3.63, 3.8) is 0 Å². The first-order chi connectivity index (χ1) is 7.06. The Morgan fingerprint density at radius 3 is 3.00 bits per heavy atom. The molecule has 1 rings (SSSR count). The highest BCUT2D eigenvalue weighted by Crippen LogP contribution is 2.11. The molecule has 6 heteroatoms. The third kappa shape index (κ3) is 2.63. The average Bonchev–Trinajstić information content (AvgIpc) is 2.21. The molecule has 1 aromatic rings. The van der Waals surface area contributed by atoms with E-state index in [9.17, 15) is 9.18 Å². The summed E-state index contributed by atoms with van der Waals surface area (Å²) in [6.07, 6.45) is 0.943. The fourth-order valence-electron chi connectivity index (χ4n) is 1.08. The van der Waals surface area contributed by atoms with Gasteiger partial charge in [0.25, 0.3) is 5.91 Å². The monoisotopic (exact) mass is 213 g/mol. The van der Waals surface area contributed by atoms with Crippen LogP contribution in [0.4, 0.5) is 10.2 Å². The summed E-state index contributed by atoms with van der Waals surface area (Å²) in [4.78, 5) is 16.4. The number of nitrogens with zero attached hydrogens (tertiary/aromatic N) is 2. The number of hydrogen-bond donors (Lipinski definition) is 2. The summed E-state index contributed by atoms with van der Waals surface area (Å²) in [6, 6.07) is 1.03. The number of likely N-dealkylation sites (N-methyl/N-ethyl adjacent to an activating group) is 1. The van der Waals surface area contributed by atoms with E-state index in [0.29, 0.717) is 0 Å². The second-order valence-corrected chi connectivity index (χ2v) is 3.04. The van der Waals surface area contributed by atoms with Crippen LogP contribution in [0.1, 0.15) is 10.4 Å². The van der Waals surface area contributed by atoms with Gasteiger partial charge >= 0.3 is 0 Å². The van der Waals surface area contributed by atoms with Crippen LogP contribution < -0.4 is 5.73 Å². The van der Waals surface area contributed by atoms with Gasteiger partial charge in [-0.05, 0) is 6.07 Å². The van der Waals surface area contributed by atoms with Crippen molar-refractivity contribution in [2.75, 3.05) is 25.9 Å². The number of carbonyl (C=O) groups is 1. The average molecular weight is 213 g/mol. The molecule has 0 fully saturated rings. The first kappa shape index (κ1) is 11.4. The fraction of sp³-hybridized carbons (Fsp3) is 0.333. The van der Waals surface area contributed by atoms with Gasteiger partial charge in [-0.3, -0.25) is 4.79 Å². The molecule has 0 unspecified atom stereocenters. The van der Waals surface area contributed by atoms with Crippen LogP contribution >= 0.6 is 0 Å². The minimum Gasteiger partial charge on any atom is -0.395 e. The molecule has 0 bridgehead atoms. The van der Waals surface area contributed by atoms with Gasteiger partial charge in [0.05, 0.1) is 18.4 Å². The Morgan fingerprint density at radius 2 is 2.40 bits per heavy atom.